The average Bonchev–Trinajstić information content (AvgIpc) is 2.49. The first-order chi connectivity index (χ1) is 10.6. The third-order valence-corrected chi connectivity index (χ3v) is 3.04. The standard InChI is InChI=1S/C16H17ClN2O3/c1-19(2)10-11-21-16(20)14-4-3-9-18-15(14)22-13-7-5-12(17)6-8-13/h3-9H,10-11H2,1-2H3. The molecule has 0 spiro atoms. The monoisotopic (exact) mass is 320 g/mol. The third-order valence-electron chi connectivity index (χ3n) is 2.79. The van der Waals surface area contributed by atoms with Crippen molar-refractivity contribution in [2.75, 3.05) is 27.2 Å². The summed E-state index contributed by atoms with van der Waals surface area (Å²) in [5.41, 5.74) is 0.288. The second-order valence-corrected chi connectivity index (χ2v) is 5.29. The summed E-state index contributed by atoms with van der Waals surface area (Å²) in [6.45, 7) is 0.959. The van der Waals surface area contributed by atoms with Crippen molar-refractivity contribution < 1.29 is 14.3 Å². The van der Waals surface area contributed by atoms with Crippen LogP contribution in [-0.2, 0) is 4.74 Å². The number of esters is 1. The molecule has 0 aliphatic rings. The number of aromatic nitrogens is 1. The molecule has 0 aliphatic heterocycles. The number of rotatable bonds is 6. The molecule has 0 radical (unpaired) electrons. The topological polar surface area (TPSA) is 51.7 Å². The lowest BCUT2D eigenvalue weighted by molar-refractivity contribution is 0.0478. The summed E-state index contributed by atoms with van der Waals surface area (Å²) in [6, 6.07) is 10.1. The van der Waals surface area contributed by atoms with Gasteiger partial charge in [0, 0.05) is 17.8 Å². The summed E-state index contributed by atoms with van der Waals surface area (Å²) >= 11 is 5.83. The highest BCUT2D eigenvalue weighted by Crippen LogP contribution is 2.24. The molecule has 6 heteroatoms. The van der Waals surface area contributed by atoms with Crippen LogP contribution in [0.1, 0.15) is 10.4 Å². The molecule has 0 amide bonds. The van der Waals surface area contributed by atoms with E-state index in [-0.39, 0.29) is 11.4 Å². The number of carbonyl (C=O) groups is 1. The van der Waals surface area contributed by atoms with Gasteiger partial charge in [0.2, 0.25) is 5.88 Å². The minimum atomic E-state index is -0.459. The number of nitrogens with zero attached hydrogens (tertiary/aromatic N) is 2. The molecule has 1 aromatic carbocycles. The van der Waals surface area contributed by atoms with Crippen molar-refractivity contribution in [3.63, 3.8) is 0 Å². The van der Waals surface area contributed by atoms with Gasteiger partial charge in [-0.3, -0.25) is 0 Å². The summed E-state index contributed by atoms with van der Waals surface area (Å²) in [4.78, 5) is 18.1. The molecule has 0 bridgehead atoms. The van der Waals surface area contributed by atoms with Crippen LogP contribution in [0.25, 0.3) is 0 Å². The second-order valence-electron chi connectivity index (χ2n) is 4.85. The molecule has 0 unspecified atom stereocenters. The van der Waals surface area contributed by atoms with Gasteiger partial charge in [0.25, 0.3) is 0 Å². The van der Waals surface area contributed by atoms with Gasteiger partial charge in [0.05, 0.1) is 0 Å². The Bertz CT molecular complexity index is 630. The first-order valence-electron chi connectivity index (χ1n) is 6.76. The quantitative estimate of drug-likeness (QED) is 0.765. The zero-order valence-corrected chi connectivity index (χ0v) is 13.2. The maximum Gasteiger partial charge on any atom is 0.343 e. The van der Waals surface area contributed by atoms with Crippen LogP contribution in [0.3, 0.4) is 0 Å². The lowest BCUT2D eigenvalue weighted by atomic mass is 10.2. The van der Waals surface area contributed by atoms with E-state index in [0.29, 0.717) is 23.9 Å². The number of pyridine rings is 1. The molecule has 1 heterocycles. The lowest BCUT2D eigenvalue weighted by Gasteiger charge is -2.12. The fraction of sp³-hybridized carbons (Fsp3) is 0.250. The second kappa shape index (κ2) is 7.77. The van der Waals surface area contributed by atoms with Crippen molar-refractivity contribution in [3.05, 3.63) is 53.2 Å². The number of hydrogen-bond donors (Lipinski definition) is 0. The highest BCUT2D eigenvalue weighted by atomic mass is 35.5. The zero-order chi connectivity index (χ0) is 15.9. The van der Waals surface area contributed by atoms with Crippen molar-refractivity contribution >= 4 is 17.6 Å². The van der Waals surface area contributed by atoms with Gasteiger partial charge >= 0.3 is 5.97 Å². The van der Waals surface area contributed by atoms with E-state index in [2.05, 4.69) is 4.98 Å². The van der Waals surface area contributed by atoms with Crippen molar-refractivity contribution in [2.24, 2.45) is 0 Å². The van der Waals surface area contributed by atoms with Crippen LogP contribution in [0, 0.1) is 0 Å². The van der Waals surface area contributed by atoms with Gasteiger partial charge in [-0.25, -0.2) is 9.78 Å². The van der Waals surface area contributed by atoms with Crippen LogP contribution in [0.15, 0.2) is 42.6 Å². The smallest absolute Gasteiger partial charge is 0.343 e. The molecule has 0 N–H and O–H groups in total. The van der Waals surface area contributed by atoms with E-state index in [1.807, 2.05) is 19.0 Å². The van der Waals surface area contributed by atoms with Crippen molar-refractivity contribution in [1.29, 1.82) is 0 Å². The summed E-state index contributed by atoms with van der Waals surface area (Å²) in [5.74, 6) is 0.295. The van der Waals surface area contributed by atoms with Gasteiger partial charge in [-0.1, -0.05) is 11.6 Å². The number of halogens is 1. The van der Waals surface area contributed by atoms with Crippen LogP contribution in [0.5, 0.6) is 11.6 Å². The molecule has 0 aliphatic carbocycles. The fourth-order valence-corrected chi connectivity index (χ4v) is 1.77. The van der Waals surface area contributed by atoms with Crippen molar-refractivity contribution in [3.8, 4) is 11.6 Å². The Hall–Kier alpha value is -2.11. The average molecular weight is 321 g/mol. The van der Waals surface area contributed by atoms with E-state index in [1.165, 1.54) is 0 Å². The Morgan fingerprint density at radius 2 is 1.95 bits per heavy atom. The molecular formula is C16H17ClN2O3. The van der Waals surface area contributed by atoms with Crippen molar-refractivity contribution in [2.45, 2.75) is 0 Å². The molecule has 5 nitrogen and oxygen atoms in total. The molecule has 2 aromatic rings. The Labute approximate surface area is 134 Å². The molecule has 0 fully saturated rings. The van der Waals surface area contributed by atoms with Crippen LogP contribution < -0.4 is 4.74 Å². The SMILES string of the molecule is CN(C)CCOC(=O)c1cccnc1Oc1ccc(Cl)cc1. The van der Waals surface area contributed by atoms with E-state index in [0.717, 1.165) is 0 Å². The van der Waals surface area contributed by atoms with Crippen LogP contribution in [0.2, 0.25) is 5.02 Å². The van der Waals surface area contributed by atoms with E-state index in [4.69, 9.17) is 21.1 Å². The van der Waals surface area contributed by atoms with Gasteiger partial charge in [-0.2, -0.15) is 0 Å². The molecular weight excluding hydrogens is 304 g/mol. The van der Waals surface area contributed by atoms with E-state index >= 15 is 0 Å². The Morgan fingerprint density at radius 3 is 2.64 bits per heavy atom. The Balaban J connectivity index is 2.09. The minimum Gasteiger partial charge on any atom is -0.461 e. The molecule has 0 saturated heterocycles. The normalized spacial score (nSPS) is 10.5. The molecule has 22 heavy (non-hydrogen) atoms. The predicted octanol–water partition coefficient (Wildman–Crippen LogP) is 3.25. The maximum absolute atomic E-state index is 12.1. The largest absolute Gasteiger partial charge is 0.461 e. The molecule has 1 aromatic heterocycles. The van der Waals surface area contributed by atoms with E-state index in [1.54, 1.807) is 42.6 Å². The predicted molar refractivity (Wildman–Crippen MR) is 84.6 cm³/mol. The van der Waals surface area contributed by atoms with Crippen LogP contribution in [0.4, 0.5) is 0 Å². The first kappa shape index (κ1) is 16.3. The highest BCUT2D eigenvalue weighted by Gasteiger charge is 2.15. The van der Waals surface area contributed by atoms with Crippen LogP contribution in [-0.4, -0.2) is 43.1 Å². The van der Waals surface area contributed by atoms with Crippen molar-refractivity contribution in [1.82, 2.24) is 9.88 Å². The first-order valence-corrected chi connectivity index (χ1v) is 7.14. The summed E-state index contributed by atoms with van der Waals surface area (Å²) in [7, 11) is 3.82. The summed E-state index contributed by atoms with van der Waals surface area (Å²) in [6.07, 6.45) is 1.56. The Morgan fingerprint density at radius 1 is 1.23 bits per heavy atom. The number of likely N-dealkylation sites (N-methyl/N-ethyl adjacent to an activating group) is 1. The Kier molecular flexibility index (Phi) is 5.75. The number of carbonyl (C=O) groups excluding carboxylic acids is 1. The van der Waals surface area contributed by atoms with Gasteiger partial charge < -0.3 is 14.4 Å². The van der Waals surface area contributed by atoms with Gasteiger partial charge in [0.15, 0.2) is 0 Å². The third kappa shape index (κ3) is 4.72. The van der Waals surface area contributed by atoms with E-state index < -0.39 is 5.97 Å². The summed E-state index contributed by atoms with van der Waals surface area (Å²) < 4.78 is 10.8. The fourth-order valence-electron chi connectivity index (χ4n) is 1.64. The summed E-state index contributed by atoms with van der Waals surface area (Å²) in [5, 5.41) is 0.608. The van der Waals surface area contributed by atoms with Gasteiger partial charge in [-0.05, 0) is 50.5 Å². The molecule has 116 valence electrons. The number of hydrogen-bond acceptors (Lipinski definition) is 5. The highest BCUT2D eigenvalue weighted by molar-refractivity contribution is 6.30. The molecule has 0 saturated carbocycles. The molecule has 2 rings (SSSR count). The zero-order valence-electron chi connectivity index (χ0n) is 12.5. The number of ether oxygens (including phenoxy) is 2. The number of benzene rings is 1. The lowest BCUT2D eigenvalue weighted by Crippen LogP contribution is -2.20. The minimum absolute atomic E-state index is 0.208. The van der Waals surface area contributed by atoms with Gasteiger partial charge in [0.1, 0.15) is 17.9 Å². The maximum atomic E-state index is 12.1. The molecule has 0 atom stereocenters. The van der Waals surface area contributed by atoms with E-state index in [9.17, 15) is 4.79 Å². The van der Waals surface area contributed by atoms with Gasteiger partial charge in [-0.15, -0.1) is 0 Å². The van der Waals surface area contributed by atoms with Crippen LogP contribution >= 0.6 is 11.6 Å².